The molecule has 0 spiro atoms. The summed E-state index contributed by atoms with van der Waals surface area (Å²) in [5.41, 5.74) is 1.84. The van der Waals surface area contributed by atoms with Gasteiger partial charge in [-0.25, -0.2) is 4.98 Å². The largest absolute Gasteiger partial charge is 0.490 e. The van der Waals surface area contributed by atoms with Gasteiger partial charge in [0.1, 0.15) is 11.4 Å². The van der Waals surface area contributed by atoms with E-state index in [4.69, 9.17) is 9.47 Å². The molecule has 0 bridgehead atoms. The van der Waals surface area contributed by atoms with Gasteiger partial charge in [0.15, 0.2) is 11.5 Å². The first-order valence-corrected chi connectivity index (χ1v) is 11.5. The summed E-state index contributed by atoms with van der Waals surface area (Å²) in [6.45, 7) is 5.88. The van der Waals surface area contributed by atoms with Gasteiger partial charge in [0.05, 0.1) is 31.0 Å². The van der Waals surface area contributed by atoms with E-state index >= 15 is 0 Å². The van der Waals surface area contributed by atoms with E-state index in [9.17, 15) is 9.59 Å². The quantitative estimate of drug-likeness (QED) is 0.623. The minimum atomic E-state index is -0.147. The third kappa shape index (κ3) is 3.59. The zero-order valence-corrected chi connectivity index (χ0v) is 18.5. The lowest BCUT2D eigenvalue weighted by atomic mass is 10.0. The third-order valence-electron chi connectivity index (χ3n) is 6.19. The maximum atomic E-state index is 13.2. The number of thiophene rings is 1. The summed E-state index contributed by atoms with van der Waals surface area (Å²) in [4.78, 5) is 34.3. The Morgan fingerprint density at radius 2 is 2.00 bits per heavy atom. The smallest absolute Gasteiger partial charge is 0.262 e. The Kier molecular flexibility index (Phi) is 5.17. The number of aromatic nitrogens is 2. The summed E-state index contributed by atoms with van der Waals surface area (Å²) in [5.74, 6) is 1.43. The molecule has 2 aliphatic heterocycles. The fraction of sp³-hybridized carbons (Fsp3) is 0.435. The van der Waals surface area contributed by atoms with E-state index in [0.29, 0.717) is 25.1 Å². The first-order chi connectivity index (χ1) is 15.0. The second-order valence-electron chi connectivity index (χ2n) is 8.14. The molecule has 0 aliphatic carbocycles. The average Bonchev–Trinajstić information content (AvgIpc) is 3.27. The van der Waals surface area contributed by atoms with Gasteiger partial charge < -0.3 is 14.4 Å². The van der Waals surface area contributed by atoms with E-state index in [2.05, 4.69) is 4.98 Å². The lowest BCUT2D eigenvalue weighted by Gasteiger charge is -2.26. The highest BCUT2D eigenvalue weighted by Gasteiger charge is 2.31. The number of likely N-dealkylation sites (tertiary alicyclic amines) is 1. The maximum absolute atomic E-state index is 13.2. The van der Waals surface area contributed by atoms with Crippen LogP contribution in [0.1, 0.15) is 41.3 Å². The molecule has 0 radical (unpaired) electrons. The molecule has 0 saturated carbocycles. The Balaban J connectivity index is 1.40. The minimum Gasteiger partial charge on any atom is -0.490 e. The summed E-state index contributed by atoms with van der Waals surface area (Å²) < 4.78 is 13.0. The Morgan fingerprint density at radius 1 is 1.19 bits per heavy atom. The molecule has 1 saturated heterocycles. The molecule has 162 valence electrons. The number of amides is 1. The second kappa shape index (κ2) is 8.00. The van der Waals surface area contributed by atoms with Crippen molar-refractivity contribution in [2.75, 3.05) is 19.8 Å². The first-order valence-electron chi connectivity index (χ1n) is 10.7. The van der Waals surface area contributed by atoms with Crippen LogP contribution in [0.2, 0.25) is 0 Å². The van der Waals surface area contributed by atoms with Crippen molar-refractivity contribution in [3.05, 3.63) is 50.9 Å². The zero-order chi connectivity index (χ0) is 21.5. The molecule has 1 aromatic carbocycles. The summed E-state index contributed by atoms with van der Waals surface area (Å²) in [5, 5.41) is 0.624. The summed E-state index contributed by atoms with van der Waals surface area (Å²) in [7, 11) is 0. The minimum absolute atomic E-state index is 0.00282. The molecule has 5 rings (SSSR count). The van der Waals surface area contributed by atoms with E-state index in [0.717, 1.165) is 51.6 Å². The number of carbonyl (C=O) groups is 1. The summed E-state index contributed by atoms with van der Waals surface area (Å²) >= 11 is 1.51. The van der Waals surface area contributed by atoms with Crippen LogP contribution in [0.25, 0.3) is 10.2 Å². The van der Waals surface area contributed by atoms with Crippen LogP contribution < -0.4 is 15.0 Å². The van der Waals surface area contributed by atoms with Crippen molar-refractivity contribution in [2.24, 2.45) is 0 Å². The topological polar surface area (TPSA) is 73.7 Å². The normalized spacial score (nSPS) is 18.4. The Labute approximate surface area is 184 Å². The molecule has 31 heavy (non-hydrogen) atoms. The van der Waals surface area contributed by atoms with Crippen molar-refractivity contribution in [2.45, 2.75) is 45.7 Å². The molecule has 1 unspecified atom stereocenters. The molecule has 2 aliphatic rings. The third-order valence-corrected chi connectivity index (χ3v) is 7.31. The van der Waals surface area contributed by atoms with Crippen LogP contribution in [0, 0.1) is 13.8 Å². The maximum Gasteiger partial charge on any atom is 0.262 e. The molecule has 1 amide bonds. The number of carbonyl (C=O) groups excluding carboxylic acids is 1. The number of fused-ring (bicyclic) bond motifs is 2. The molecule has 4 heterocycles. The second-order valence-corrected chi connectivity index (χ2v) is 9.35. The van der Waals surface area contributed by atoms with Crippen molar-refractivity contribution in [3.8, 4) is 11.5 Å². The van der Waals surface area contributed by atoms with Gasteiger partial charge in [-0.3, -0.25) is 14.2 Å². The van der Waals surface area contributed by atoms with Gasteiger partial charge in [0.25, 0.3) is 5.56 Å². The molecule has 3 aromatic rings. The average molecular weight is 440 g/mol. The van der Waals surface area contributed by atoms with E-state index in [-0.39, 0.29) is 24.1 Å². The van der Waals surface area contributed by atoms with Crippen LogP contribution >= 0.6 is 11.3 Å². The predicted octanol–water partition coefficient (Wildman–Crippen LogP) is 3.60. The fourth-order valence-electron chi connectivity index (χ4n) is 4.42. The van der Waals surface area contributed by atoms with Gasteiger partial charge in [-0.1, -0.05) is 6.07 Å². The van der Waals surface area contributed by atoms with Crippen LogP contribution in [0.3, 0.4) is 0 Å². The molecule has 7 nitrogen and oxygen atoms in total. The van der Waals surface area contributed by atoms with Crippen LogP contribution in [-0.4, -0.2) is 40.1 Å². The van der Waals surface area contributed by atoms with E-state index in [1.54, 1.807) is 0 Å². The van der Waals surface area contributed by atoms with Crippen molar-refractivity contribution >= 4 is 27.5 Å². The van der Waals surface area contributed by atoms with Crippen molar-refractivity contribution in [3.63, 3.8) is 0 Å². The first kappa shape index (κ1) is 20.1. The molecular weight excluding hydrogens is 414 g/mol. The highest BCUT2D eigenvalue weighted by molar-refractivity contribution is 7.18. The number of ether oxygens (including phenoxy) is 2. The van der Waals surface area contributed by atoms with E-state index < -0.39 is 0 Å². The highest BCUT2D eigenvalue weighted by atomic mass is 32.1. The Hall–Kier alpha value is -2.87. The van der Waals surface area contributed by atoms with Crippen LogP contribution in [0.5, 0.6) is 11.5 Å². The summed E-state index contributed by atoms with van der Waals surface area (Å²) in [6.07, 6.45) is 4.17. The molecule has 2 aromatic heterocycles. The Bertz CT molecular complexity index is 1220. The summed E-state index contributed by atoms with van der Waals surface area (Å²) in [6, 6.07) is 5.91. The monoisotopic (exact) mass is 439 g/mol. The molecular formula is C23H25N3O4S. The van der Waals surface area contributed by atoms with E-state index in [1.807, 2.05) is 36.9 Å². The van der Waals surface area contributed by atoms with Crippen molar-refractivity contribution < 1.29 is 14.3 Å². The lowest BCUT2D eigenvalue weighted by Crippen LogP contribution is -2.36. The van der Waals surface area contributed by atoms with Gasteiger partial charge in [0, 0.05) is 17.8 Å². The standard InChI is InChI=1S/C23H25N3O4S/c1-14-15(2)31-22-21(14)23(28)25(13-24-22)12-20(27)26-8-3-5-17(26)16-6-7-18-19(11-16)30-10-4-9-29-18/h6-7,11,13,17H,3-5,8-10,12H2,1-2H3. The van der Waals surface area contributed by atoms with Crippen LogP contribution in [-0.2, 0) is 11.3 Å². The van der Waals surface area contributed by atoms with Crippen molar-refractivity contribution in [1.82, 2.24) is 14.5 Å². The lowest BCUT2D eigenvalue weighted by molar-refractivity contribution is -0.132. The van der Waals surface area contributed by atoms with Gasteiger partial charge in [-0.15, -0.1) is 11.3 Å². The molecule has 0 N–H and O–H groups in total. The Morgan fingerprint density at radius 3 is 2.84 bits per heavy atom. The van der Waals surface area contributed by atoms with Gasteiger partial charge in [-0.2, -0.15) is 0 Å². The molecule has 1 fully saturated rings. The fourth-order valence-corrected chi connectivity index (χ4v) is 5.41. The van der Waals surface area contributed by atoms with Gasteiger partial charge >= 0.3 is 0 Å². The molecule has 8 heteroatoms. The van der Waals surface area contributed by atoms with Crippen LogP contribution in [0.15, 0.2) is 29.3 Å². The highest BCUT2D eigenvalue weighted by Crippen LogP contribution is 2.38. The number of nitrogens with zero attached hydrogens (tertiary/aromatic N) is 3. The number of hydrogen-bond donors (Lipinski definition) is 0. The van der Waals surface area contributed by atoms with E-state index in [1.165, 1.54) is 22.2 Å². The number of benzene rings is 1. The predicted molar refractivity (Wildman–Crippen MR) is 119 cm³/mol. The molecule has 1 atom stereocenters. The van der Waals surface area contributed by atoms with Gasteiger partial charge in [0.2, 0.25) is 5.91 Å². The SMILES string of the molecule is Cc1sc2ncn(CC(=O)N3CCCC3c3ccc4c(c3)OCCCO4)c(=O)c2c1C. The number of aryl methyl sites for hydroxylation is 2. The van der Waals surface area contributed by atoms with Crippen molar-refractivity contribution in [1.29, 1.82) is 0 Å². The van der Waals surface area contributed by atoms with Crippen LogP contribution in [0.4, 0.5) is 0 Å². The zero-order valence-electron chi connectivity index (χ0n) is 17.7. The van der Waals surface area contributed by atoms with Gasteiger partial charge in [-0.05, 0) is 49.9 Å². The number of rotatable bonds is 3. The number of hydrogen-bond acceptors (Lipinski definition) is 6.